The van der Waals surface area contributed by atoms with Crippen LogP contribution < -0.4 is 19.3 Å². The van der Waals surface area contributed by atoms with Crippen LogP contribution in [0.5, 0.6) is 17.2 Å². The number of likely N-dealkylation sites (tertiary alicyclic amines) is 1. The van der Waals surface area contributed by atoms with Crippen molar-refractivity contribution in [2.45, 2.75) is 18.7 Å². The number of amides is 2. The number of rotatable bonds is 8. The number of anilines is 1. The van der Waals surface area contributed by atoms with Crippen LogP contribution in [0.15, 0.2) is 66.7 Å². The van der Waals surface area contributed by atoms with E-state index in [4.69, 9.17) is 19.0 Å². The van der Waals surface area contributed by atoms with Gasteiger partial charge in [0.15, 0.2) is 17.6 Å². The standard InChI is InChI=1S/C27H25N3O8/c1-35-20-13-12-19(23(36-2)24(20)37-3)22-21-25(38-29(22)17-10-7-11-18(14-17)30(33)34)27(32)28(26(21)31)15-16-8-5-4-6-9-16/h4-14,21-22,25H,15H2,1-3H3/t21-,22+,25+/m0/s1. The first-order valence-electron chi connectivity index (χ1n) is 11.8. The Labute approximate surface area is 218 Å². The highest BCUT2D eigenvalue weighted by atomic mass is 16.7. The summed E-state index contributed by atoms with van der Waals surface area (Å²) in [6.07, 6.45) is -1.13. The van der Waals surface area contributed by atoms with Gasteiger partial charge in [-0.1, -0.05) is 36.4 Å². The number of hydroxylamine groups is 1. The number of nitro groups is 1. The van der Waals surface area contributed by atoms with Crippen molar-refractivity contribution in [1.29, 1.82) is 0 Å². The van der Waals surface area contributed by atoms with E-state index in [1.807, 2.05) is 30.3 Å². The third kappa shape index (κ3) is 4.06. The van der Waals surface area contributed by atoms with Crippen LogP contribution in [0.4, 0.5) is 11.4 Å². The maximum absolute atomic E-state index is 13.8. The summed E-state index contributed by atoms with van der Waals surface area (Å²) in [6, 6.07) is 17.5. The minimum Gasteiger partial charge on any atom is -0.493 e. The van der Waals surface area contributed by atoms with Crippen LogP contribution in [0.1, 0.15) is 17.2 Å². The van der Waals surface area contributed by atoms with Gasteiger partial charge < -0.3 is 14.2 Å². The van der Waals surface area contributed by atoms with E-state index in [9.17, 15) is 19.7 Å². The lowest BCUT2D eigenvalue weighted by Gasteiger charge is -2.30. The van der Waals surface area contributed by atoms with E-state index in [1.165, 1.54) is 49.5 Å². The average molecular weight is 520 g/mol. The van der Waals surface area contributed by atoms with Crippen molar-refractivity contribution in [2.24, 2.45) is 5.92 Å². The van der Waals surface area contributed by atoms with E-state index in [2.05, 4.69) is 0 Å². The second-order valence-electron chi connectivity index (χ2n) is 8.77. The van der Waals surface area contributed by atoms with Crippen molar-refractivity contribution < 1.29 is 33.6 Å². The van der Waals surface area contributed by atoms with Gasteiger partial charge in [-0.2, -0.15) is 0 Å². The first-order valence-corrected chi connectivity index (χ1v) is 11.8. The van der Waals surface area contributed by atoms with Gasteiger partial charge in [0, 0.05) is 17.7 Å². The van der Waals surface area contributed by atoms with Crippen molar-refractivity contribution in [3.8, 4) is 17.2 Å². The molecule has 0 spiro atoms. The molecule has 0 unspecified atom stereocenters. The smallest absolute Gasteiger partial charge is 0.271 e. The maximum atomic E-state index is 13.8. The molecule has 11 nitrogen and oxygen atoms in total. The Balaban J connectivity index is 1.63. The van der Waals surface area contributed by atoms with Crippen molar-refractivity contribution in [3.63, 3.8) is 0 Å². The van der Waals surface area contributed by atoms with Crippen LogP contribution in [0.3, 0.4) is 0 Å². The lowest BCUT2D eigenvalue weighted by atomic mass is 9.89. The molecule has 11 heteroatoms. The van der Waals surface area contributed by atoms with Gasteiger partial charge in [0.1, 0.15) is 12.0 Å². The number of hydrogen-bond donors (Lipinski definition) is 0. The van der Waals surface area contributed by atoms with E-state index in [0.717, 1.165) is 5.56 Å². The molecule has 3 aromatic carbocycles. The molecule has 0 N–H and O–H groups in total. The van der Waals surface area contributed by atoms with Gasteiger partial charge in [-0.15, -0.1) is 0 Å². The molecule has 3 atom stereocenters. The zero-order valence-corrected chi connectivity index (χ0v) is 20.9. The van der Waals surface area contributed by atoms with Crippen molar-refractivity contribution in [1.82, 2.24) is 4.90 Å². The molecule has 196 valence electrons. The lowest BCUT2D eigenvalue weighted by Crippen LogP contribution is -2.37. The monoisotopic (exact) mass is 519 g/mol. The summed E-state index contributed by atoms with van der Waals surface area (Å²) in [7, 11) is 4.40. The predicted molar refractivity (Wildman–Crippen MR) is 135 cm³/mol. The lowest BCUT2D eigenvalue weighted by molar-refractivity contribution is -0.384. The number of methoxy groups -OCH3 is 3. The molecule has 38 heavy (non-hydrogen) atoms. The van der Waals surface area contributed by atoms with Gasteiger partial charge in [0.2, 0.25) is 11.7 Å². The molecular weight excluding hydrogens is 494 g/mol. The number of fused-ring (bicyclic) bond motifs is 1. The van der Waals surface area contributed by atoms with Crippen LogP contribution in [-0.4, -0.2) is 49.1 Å². The summed E-state index contributed by atoms with van der Waals surface area (Å²) >= 11 is 0. The molecular formula is C27H25N3O8. The number of benzene rings is 3. The van der Waals surface area contributed by atoms with Crippen molar-refractivity contribution >= 4 is 23.2 Å². The Morgan fingerprint density at radius 2 is 1.63 bits per heavy atom. The molecule has 0 radical (unpaired) electrons. The zero-order chi connectivity index (χ0) is 27.0. The second-order valence-corrected chi connectivity index (χ2v) is 8.77. The summed E-state index contributed by atoms with van der Waals surface area (Å²) < 4.78 is 16.6. The topological polar surface area (TPSA) is 121 Å². The Morgan fingerprint density at radius 1 is 0.895 bits per heavy atom. The highest BCUT2D eigenvalue weighted by Crippen LogP contribution is 2.52. The van der Waals surface area contributed by atoms with Gasteiger partial charge in [-0.3, -0.25) is 29.4 Å². The van der Waals surface area contributed by atoms with E-state index >= 15 is 0 Å². The molecule has 0 saturated carbocycles. The largest absolute Gasteiger partial charge is 0.493 e. The number of hydrogen-bond acceptors (Lipinski definition) is 9. The van der Waals surface area contributed by atoms with E-state index in [1.54, 1.807) is 18.2 Å². The van der Waals surface area contributed by atoms with Crippen LogP contribution in [-0.2, 0) is 21.0 Å². The summed E-state index contributed by atoms with van der Waals surface area (Å²) in [5.41, 5.74) is 1.44. The first-order chi connectivity index (χ1) is 18.4. The summed E-state index contributed by atoms with van der Waals surface area (Å²) in [4.78, 5) is 45.5. The third-order valence-electron chi connectivity index (χ3n) is 6.74. The number of imide groups is 1. The summed E-state index contributed by atoms with van der Waals surface area (Å²) in [5.74, 6) is -0.853. The summed E-state index contributed by atoms with van der Waals surface area (Å²) in [5, 5.41) is 12.8. The van der Waals surface area contributed by atoms with Crippen molar-refractivity contribution in [2.75, 3.05) is 26.4 Å². The van der Waals surface area contributed by atoms with Gasteiger partial charge >= 0.3 is 0 Å². The van der Waals surface area contributed by atoms with E-state index in [0.29, 0.717) is 28.5 Å². The Kier molecular flexibility index (Phi) is 6.60. The van der Waals surface area contributed by atoms with Crippen LogP contribution in [0.2, 0.25) is 0 Å². The molecule has 2 fully saturated rings. The number of ether oxygens (including phenoxy) is 3. The fraction of sp³-hybridized carbons (Fsp3) is 0.259. The predicted octanol–water partition coefficient (Wildman–Crippen LogP) is 3.67. The molecule has 3 aromatic rings. The maximum Gasteiger partial charge on any atom is 0.271 e. The highest BCUT2D eigenvalue weighted by molar-refractivity contribution is 6.07. The zero-order valence-electron chi connectivity index (χ0n) is 20.9. The molecule has 0 aliphatic carbocycles. The second kappa shape index (κ2) is 10.0. The van der Waals surface area contributed by atoms with Crippen LogP contribution >= 0.6 is 0 Å². The van der Waals surface area contributed by atoms with Crippen molar-refractivity contribution in [3.05, 3.63) is 88.0 Å². The molecule has 0 bridgehead atoms. The van der Waals surface area contributed by atoms with Crippen LogP contribution in [0, 0.1) is 16.0 Å². The third-order valence-corrected chi connectivity index (χ3v) is 6.74. The molecule has 0 aromatic heterocycles. The number of carbonyl (C=O) groups excluding carboxylic acids is 2. The fourth-order valence-corrected chi connectivity index (χ4v) is 5.03. The molecule has 2 saturated heterocycles. The normalized spacial score (nSPS) is 20.4. The molecule has 2 amide bonds. The van der Waals surface area contributed by atoms with Gasteiger partial charge in [-0.25, -0.2) is 5.06 Å². The number of carbonyl (C=O) groups is 2. The van der Waals surface area contributed by atoms with E-state index in [-0.39, 0.29) is 12.2 Å². The number of nitro benzene ring substituents is 1. The first kappa shape index (κ1) is 25.0. The van der Waals surface area contributed by atoms with Gasteiger partial charge in [-0.05, 0) is 23.8 Å². The van der Waals surface area contributed by atoms with Crippen LogP contribution in [0.25, 0.3) is 0 Å². The number of nitrogens with zero attached hydrogens (tertiary/aromatic N) is 3. The minimum absolute atomic E-state index is 0.0987. The van der Waals surface area contributed by atoms with Gasteiger partial charge in [0.05, 0.1) is 38.5 Å². The fourth-order valence-electron chi connectivity index (χ4n) is 5.03. The minimum atomic E-state index is -1.13. The quantitative estimate of drug-likeness (QED) is 0.249. The summed E-state index contributed by atoms with van der Waals surface area (Å²) in [6.45, 7) is 0.0987. The molecule has 5 rings (SSSR count). The molecule has 2 aliphatic rings. The Hall–Kier alpha value is -4.64. The highest BCUT2D eigenvalue weighted by Gasteiger charge is 2.60. The van der Waals surface area contributed by atoms with E-state index < -0.39 is 34.8 Å². The number of non-ortho nitro benzene ring substituents is 1. The SMILES string of the molecule is COc1ccc([C@@H]2[C@@H]3C(=O)N(Cc4ccccc4)C(=O)[C@@H]3ON2c2cccc([N+](=O)[O-])c2)c(OC)c1OC. The average Bonchev–Trinajstić information content (AvgIpc) is 3.44. The molecule has 2 aliphatic heterocycles. The Bertz CT molecular complexity index is 1400. The Morgan fingerprint density at radius 3 is 2.29 bits per heavy atom. The molecule has 2 heterocycles. The van der Waals surface area contributed by atoms with Gasteiger partial charge in [0.25, 0.3) is 11.6 Å².